The summed E-state index contributed by atoms with van der Waals surface area (Å²) in [5.74, 6) is 0.427. The zero-order chi connectivity index (χ0) is 14.8. The Kier molecular flexibility index (Phi) is 4.33. The second-order valence-corrected chi connectivity index (χ2v) is 6.34. The summed E-state index contributed by atoms with van der Waals surface area (Å²) in [6, 6.07) is 8.28. The third-order valence-corrected chi connectivity index (χ3v) is 3.54. The van der Waals surface area contributed by atoms with E-state index in [1.807, 2.05) is 32.9 Å². The molecule has 0 spiro atoms. The third-order valence-electron chi connectivity index (χ3n) is 3.54. The van der Waals surface area contributed by atoms with Crippen LogP contribution in [0.3, 0.4) is 0 Å². The van der Waals surface area contributed by atoms with Crippen molar-refractivity contribution in [1.29, 1.82) is 0 Å². The molecule has 4 nitrogen and oxygen atoms in total. The predicted molar refractivity (Wildman–Crippen MR) is 79.6 cm³/mol. The van der Waals surface area contributed by atoms with E-state index in [4.69, 9.17) is 10.5 Å². The molecule has 0 bridgehead atoms. The number of hydrogen-bond donors (Lipinski definition) is 2. The Hall–Kier alpha value is -1.55. The van der Waals surface area contributed by atoms with Crippen LogP contribution in [-0.4, -0.2) is 18.2 Å². The van der Waals surface area contributed by atoms with Gasteiger partial charge in [-0.2, -0.15) is 0 Å². The molecule has 0 radical (unpaired) electrons. The molecular formula is C16H24N2O2. The predicted octanol–water partition coefficient (Wildman–Crippen LogP) is 3.09. The number of fused-ring (bicyclic) bond motifs is 1. The van der Waals surface area contributed by atoms with Gasteiger partial charge in [0.15, 0.2) is 0 Å². The maximum Gasteiger partial charge on any atom is 0.408 e. The number of carbonyl (C=O) groups excluding carboxylic acids is 1. The van der Waals surface area contributed by atoms with Gasteiger partial charge in [-0.15, -0.1) is 0 Å². The minimum Gasteiger partial charge on any atom is -0.444 e. The molecule has 0 aliphatic heterocycles. The molecule has 2 atom stereocenters. The van der Waals surface area contributed by atoms with Crippen molar-refractivity contribution in [3.05, 3.63) is 35.4 Å². The zero-order valence-corrected chi connectivity index (χ0v) is 12.5. The molecule has 4 heteroatoms. The van der Waals surface area contributed by atoms with Crippen molar-refractivity contribution < 1.29 is 9.53 Å². The summed E-state index contributed by atoms with van der Waals surface area (Å²) in [5, 5.41) is 2.98. The van der Waals surface area contributed by atoms with Gasteiger partial charge in [0, 0.05) is 0 Å². The first kappa shape index (κ1) is 14.9. The minimum absolute atomic E-state index is 0.0256. The van der Waals surface area contributed by atoms with Crippen LogP contribution in [0.1, 0.15) is 56.7 Å². The average molecular weight is 276 g/mol. The monoisotopic (exact) mass is 276 g/mol. The van der Waals surface area contributed by atoms with Gasteiger partial charge >= 0.3 is 6.09 Å². The smallest absolute Gasteiger partial charge is 0.408 e. The first-order valence-electron chi connectivity index (χ1n) is 7.19. The van der Waals surface area contributed by atoms with E-state index in [9.17, 15) is 4.79 Å². The van der Waals surface area contributed by atoms with Gasteiger partial charge in [0.2, 0.25) is 0 Å². The summed E-state index contributed by atoms with van der Waals surface area (Å²) in [7, 11) is 0. The second kappa shape index (κ2) is 5.83. The van der Waals surface area contributed by atoms with Crippen molar-refractivity contribution in [3.8, 4) is 0 Å². The van der Waals surface area contributed by atoms with E-state index in [-0.39, 0.29) is 12.1 Å². The average Bonchev–Trinajstić information content (AvgIpc) is 2.66. The van der Waals surface area contributed by atoms with Gasteiger partial charge in [0.25, 0.3) is 0 Å². The molecule has 20 heavy (non-hydrogen) atoms. The van der Waals surface area contributed by atoms with Crippen LogP contribution in [0.5, 0.6) is 0 Å². The van der Waals surface area contributed by atoms with E-state index >= 15 is 0 Å². The van der Waals surface area contributed by atoms with Crippen LogP contribution < -0.4 is 11.1 Å². The first-order chi connectivity index (χ1) is 9.40. The molecule has 3 N–H and O–H groups in total. The Morgan fingerprint density at radius 2 is 2.00 bits per heavy atom. The number of hydrogen-bond acceptors (Lipinski definition) is 3. The van der Waals surface area contributed by atoms with Crippen LogP contribution in [0.15, 0.2) is 24.3 Å². The van der Waals surface area contributed by atoms with Crippen molar-refractivity contribution in [1.82, 2.24) is 5.32 Å². The maximum absolute atomic E-state index is 11.9. The topological polar surface area (TPSA) is 64.3 Å². The third kappa shape index (κ3) is 3.51. The van der Waals surface area contributed by atoms with E-state index in [1.165, 1.54) is 11.1 Å². The SMILES string of the molecule is CC(C)(C)OC(=O)N[C@H]1C[C@@H](CCN)c2ccccc21. The van der Waals surface area contributed by atoms with Gasteiger partial charge in [-0.25, -0.2) is 4.79 Å². The zero-order valence-electron chi connectivity index (χ0n) is 12.5. The Morgan fingerprint density at radius 1 is 1.35 bits per heavy atom. The van der Waals surface area contributed by atoms with Gasteiger partial charge in [0.05, 0.1) is 6.04 Å². The fraction of sp³-hybridized carbons (Fsp3) is 0.562. The summed E-state index contributed by atoms with van der Waals surface area (Å²) in [4.78, 5) is 11.9. The highest BCUT2D eigenvalue weighted by Crippen LogP contribution is 2.41. The Morgan fingerprint density at radius 3 is 2.60 bits per heavy atom. The van der Waals surface area contributed by atoms with Crippen molar-refractivity contribution in [2.45, 2.75) is 51.2 Å². The van der Waals surface area contributed by atoms with Crippen LogP contribution in [0, 0.1) is 0 Å². The van der Waals surface area contributed by atoms with Crippen LogP contribution in [0.4, 0.5) is 4.79 Å². The number of benzene rings is 1. The molecule has 1 aliphatic carbocycles. The summed E-state index contributed by atoms with van der Waals surface area (Å²) in [6.45, 7) is 6.27. The van der Waals surface area contributed by atoms with E-state index in [2.05, 4.69) is 17.4 Å². The van der Waals surface area contributed by atoms with Crippen molar-refractivity contribution in [3.63, 3.8) is 0 Å². The van der Waals surface area contributed by atoms with Crippen LogP contribution in [0.25, 0.3) is 0 Å². The number of ether oxygens (including phenoxy) is 1. The van der Waals surface area contributed by atoms with E-state index in [0.717, 1.165) is 12.8 Å². The lowest BCUT2D eigenvalue weighted by molar-refractivity contribution is 0.0502. The van der Waals surface area contributed by atoms with Gasteiger partial charge in [-0.05, 0) is 57.2 Å². The highest BCUT2D eigenvalue weighted by molar-refractivity contribution is 5.68. The van der Waals surface area contributed by atoms with Crippen molar-refractivity contribution in [2.24, 2.45) is 5.73 Å². The van der Waals surface area contributed by atoms with Gasteiger partial charge in [-0.3, -0.25) is 0 Å². The maximum atomic E-state index is 11.9. The van der Waals surface area contributed by atoms with E-state index in [1.54, 1.807) is 0 Å². The van der Waals surface area contributed by atoms with Gasteiger partial charge in [0.1, 0.15) is 5.60 Å². The van der Waals surface area contributed by atoms with Gasteiger partial charge < -0.3 is 15.8 Å². The Bertz CT molecular complexity index is 480. The highest BCUT2D eigenvalue weighted by atomic mass is 16.6. The molecule has 1 aliphatic rings. The largest absolute Gasteiger partial charge is 0.444 e. The lowest BCUT2D eigenvalue weighted by Crippen LogP contribution is -2.34. The van der Waals surface area contributed by atoms with E-state index < -0.39 is 5.60 Å². The molecule has 110 valence electrons. The molecule has 0 heterocycles. The lowest BCUT2D eigenvalue weighted by Gasteiger charge is -2.22. The molecule has 0 fully saturated rings. The van der Waals surface area contributed by atoms with Crippen LogP contribution >= 0.6 is 0 Å². The molecular weight excluding hydrogens is 252 g/mol. The summed E-state index contributed by atoms with van der Waals surface area (Å²) in [6.07, 6.45) is 1.49. The number of nitrogens with two attached hydrogens (primary N) is 1. The number of nitrogens with one attached hydrogen (secondary N) is 1. The number of amides is 1. The van der Waals surface area contributed by atoms with Crippen molar-refractivity contribution >= 4 is 6.09 Å². The molecule has 0 unspecified atom stereocenters. The second-order valence-electron chi connectivity index (χ2n) is 6.34. The molecule has 0 saturated carbocycles. The quantitative estimate of drug-likeness (QED) is 0.891. The summed E-state index contributed by atoms with van der Waals surface area (Å²) < 4.78 is 5.34. The van der Waals surface area contributed by atoms with E-state index in [0.29, 0.717) is 12.5 Å². The summed E-state index contributed by atoms with van der Waals surface area (Å²) in [5.41, 5.74) is 7.71. The van der Waals surface area contributed by atoms with Crippen LogP contribution in [-0.2, 0) is 4.74 Å². The Balaban J connectivity index is 2.09. The Labute approximate surface area is 120 Å². The molecule has 1 amide bonds. The first-order valence-corrected chi connectivity index (χ1v) is 7.19. The molecule has 0 saturated heterocycles. The fourth-order valence-corrected chi connectivity index (χ4v) is 2.80. The molecule has 1 aromatic rings. The van der Waals surface area contributed by atoms with Crippen molar-refractivity contribution in [2.75, 3.05) is 6.54 Å². The fourth-order valence-electron chi connectivity index (χ4n) is 2.80. The molecule has 1 aromatic carbocycles. The van der Waals surface area contributed by atoms with Gasteiger partial charge in [-0.1, -0.05) is 24.3 Å². The number of alkyl carbamates (subject to hydrolysis) is 1. The highest BCUT2D eigenvalue weighted by Gasteiger charge is 2.32. The molecule has 2 rings (SSSR count). The number of carbonyl (C=O) groups is 1. The molecule has 0 aromatic heterocycles. The minimum atomic E-state index is -0.473. The normalized spacial score (nSPS) is 21.4. The van der Waals surface area contributed by atoms with Crippen LogP contribution in [0.2, 0.25) is 0 Å². The number of rotatable bonds is 3. The lowest BCUT2D eigenvalue weighted by atomic mass is 9.98. The summed E-state index contributed by atoms with van der Waals surface area (Å²) >= 11 is 0. The standard InChI is InChI=1S/C16H24N2O2/c1-16(2,3)20-15(19)18-14-10-11(8-9-17)12-6-4-5-7-13(12)14/h4-7,11,14H,8-10,17H2,1-3H3,(H,18,19)/t11-,14+/m1/s1.